The van der Waals surface area contributed by atoms with Crippen LogP contribution in [-0.4, -0.2) is 37.1 Å². The molecule has 0 heterocycles. The van der Waals surface area contributed by atoms with Gasteiger partial charge in [0.25, 0.3) is 11.8 Å². The van der Waals surface area contributed by atoms with Gasteiger partial charge in [-0.2, -0.15) is 0 Å². The van der Waals surface area contributed by atoms with Crippen molar-refractivity contribution in [3.63, 3.8) is 0 Å². The Hall–Kier alpha value is -3.02. The number of hydrogen-bond donors (Lipinski definition) is 2. The second-order valence-corrected chi connectivity index (χ2v) is 9.59. The van der Waals surface area contributed by atoms with Crippen molar-refractivity contribution in [2.45, 2.75) is 77.3 Å². The summed E-state index contributed by atoms with van der Waals surface area (Å²) in [5, 5.41) is 6.14. The lowest BCUT2D eigenvalue weighted by atomic mass is 9.90. The predicted molar refractivity (Wildman–Crippen MR) is 134 cm³/mol. The van der Waals surface area contributed by atoms with E-state index in [1.165, 1.54) is 0 Å². The smallest absolute Gasteiger partial charge is 0.258 e. The van der Waals surface area contributed by atoms with Gasteiger partial charge in [0.1, 0.15) is 11.5 Å². The molecule has 1 fully saturated rings. The Bertz CT molecular complexity index is 879. The monoisotopic (exact) mass is 466 g/mol. The van der Waals surface area contributed by atoms with Crippen LogP contribution in [0.25, 0.3) is 0 Å². The Kier molecular flexibility index (Phi) is 9.37. The largest absolute Gasteiger partial charge is 0.483 e. The van der Waals surface area contributed by atoms with Crippen molar-refractivity contribution < 1.29 is 19.1 Å². The molecule has 2 amide bonds. The molecule has 2 atom stereocenters. The number of benzene rings is 2. The maximum atomic E-state index is 12.6. The Morgan fingerprint density at radius 1 is 0.735 bits per heavy atom. The Balaban J connectivity index is 1.51. The number of hydrogen-bond acceptors (Lipinski definition) is 4. The molecule has 0 aromatic heterocycles. The Morgan fingerprint density at radius 3 is 1.50 bits per heavy atom. The van der Waals surface area contributed by atoms with Crippen molar-refractivity contribution in [2.24, 2.45) is 0 Å². The van der Waals surface area contributed by atoms with E-state index in [1.807, 2.05) is 48.5 Å². The maximum Gasteiger partial charge on any atom is 0.258 e. The van der Waals surface area contributed by atoms with Crippen LogP contribution in [0.15, 0.2) is 48.5 Å². The highest BCUT2D eigenvalue weighted by molar-refractivity contribution is 5.79. The molecule has 0 radical (unpaired) electrons. The van der Waals surface area contributed by atoms with Crippen molar-refractivity contribution in [3.8, 4) is 11.5 Å². The van der Waals surface area contributed by atoms with Crippen LogP contribution >= 0.6 is 0 Å². The molecule has 0 aliphatic heterocycles. The molecule has 1 aliphatic carbocycles. The lowest BCUT2D eigenvalue weighted by molar-refractivity contribution is -0.127. The summed E-state index contributed by atoms with van der Waals surface area (Å²) < 4.78 is 11.6. The molecule has 6 heteroatoms. The molecule has 0 bridgehead atoms. The number of ether oxygens (including phenoxy) is 2. The molecule has 2 aromatic rings. The van der Waals surface area contributed by atoms with E-state index in [4.69, 9.17) is 9.47 Å². The highest BCUT2D eigenvalue weighted by Gasteiger charge is 2.28. The second kappa shape index (κ2) is 12.4. The van der Waals surface area contributed by atoms with Crippen LogP contribution in [0.5, 0.6) is 11.5 Å². The summed E-state index contributed by atoms with van der Waals surface area (Å²) in [4.78, 5) is 25.3. The molecule has 34 heavy (non-hydrogen) atoms. The first-order valence-electron chi connectivity index (χ1n) is 12.4. The van der Waals surface area contributed by atoms with Crippen molar-refractivity contribution in [1.82, 2.24) is 10.6 Å². The van der Waals surface area contributed by atoms with Gasteiger partial charge in [0.2, 0.25) is 0 Å². The summed E-state index contributed by atoms with van der Waals surface area (Å²) in [6.07, 6.45) is 3.70. The minimum absolute atomic E-state index is 0.0456. The van der Waals surface area contributed by atoms with Crippen LogP contribution < -0.4 is 20.1 Å². The fourth-order valence-electron chi connectivity index (χ4n) is 4.44. The van der Waals surface area contributed by atoms with Gasteiger partial charge < -0.3 is 20.1 Å². The molecule has 2 N–H and O–H groups in total. The molecule has 184 valence electrons. The van der Waals surface area contributed by atoms with Crippen LogP contribution in [0.3, 0.4) is 0 Å². The van der Waals surface area contributed by atoms with Crippen molar-refractivity contribution >= 4 is 11.8 Å². The SMILES string of the molecule is CC(C)c1ccccc1OCC(=O)NC1CCCCC1NC(=O)COc1ccccc1C(C)C. The van der Waals surface area contributed by atoms with Crippen LogP contribution in [0.2, 0.25) is 0 Å². The average Bonchev–Trinajstić information content (AvgIpc) is 2.83. The van der Waals surface area contributed by atoms with E-state index in [-0.39, 0.29) is 37.1 Å². The molecular weight excluding hydrogens is 428 g/mol. The van der Waals surface area contributed by atoms with E-state index in [1.54, 1.807) is 0 Å². The van der Waals surface area contributed by atoms with Crippen molar-refractivity contribution in [3.05, 3.63) is 59.7 Å². The second-order valence-electron chi connectivity index (χ2n) is 9.59. The third kappa shape index (κ3) is 7.24. The highest BCUT2D eigenvalue weighted by atomic mass is 16.5. The van der Waals surface area contributed by atoms with Gasteiger partial charge in [0.15, 0.2) is 13.2 Å². The van der Waals surface area contributed by atoms with Gasteiger partial charge >= 0.3 is 0 Å². The number of carbonyl (C=O) groups is 2. The van der Waals surface area contributed by atoms with Crippen LogP contribution in [-0.2, 0) is 9.59 Å². The topological polar surface area (TPSA) is 76.7 Å². The fraction of sp³-hybridized carbons (Fsp3) is 0.500. The van der Waals surface area contributed by atoms with E-state index in [9.17, 15) is 9.59 Å². The molecule has 2 aromatic carbocycles. The van der Waals surface area contributed by atoms with Crippen LogP contribution in [0.1, 0.15) is 76.3 Å². The summed E-state index contributed by atoms with van der Waals surface area (Å²) in [6, 6.07) is 15.4. The van der Waals surface area contributed by atoms with Gasteiger partial charge in [-0.25, -0.2) is 0 Å². The summed E-state index contributed by atoms with van der Waals surface area (Å²) >= 11 is 0. The zero-order chi connectivity index (χ0) is 24.5. The first kappa shape index (κ1) is 25.6. The molecular formula is C28H38N2O4. The highest BCUT2D eigenvalue weighted by Crippen LogP contribution is 2.27. The van der Waals surface area contributed by atoms with E-state index >= 15 is 0 Å². The minimum atomic E-state index is -0.174. The zero-order valence-electron chi connectivity index (χ0n) is 20.8. The fourth-order valence-corrected chi connectivity index (χ4v) is 4.44. The zero-order valence-corrected chi connectivity index (χ0v) is 20.8. The van der Waals surface area contributed by atoms with E-state index in [0.717, 1.165) is 48.3 Å². The first-order chi connectivity index (χ1) is 16.3. The molecule has 3 rings (SSSR count). The molecule has 2 unspecified atom stereocenters. The summed E-state index contributed by atoms with van der Waals surface area (Å²) in [7, 11) is 0. The lowest BCUT2D eigenvalue weighted by Gasteiger charge is -2.32. The number of amides is 2. The van der Waals surface area contributed by atoms with Crippen molar-refractivity contribution in [2.75, 3.05) is 13.2 Å². The first-order valence-corrected chi connectivity index (χ1v) is 12.4. The van der Waals surface area contributed by atoms with Gasteiger partial charge in [-0.1, -0.05) is 76.9 Å². The molecule has 6 nitrogen and oxygen atoms in total. The van der Waals surface area contributed by atoms with Gasteiger partial charge in [-0.05, 0) is 47.9 Å². The average molecular weight is 467 g/mol. The molecule has 0 saturated heterocycles. The normalized spacial score (nSPS) is 17.9. The van der Waals surface area contributed by atoms with E-state index in [2.05, 4.69) is 38.3 Å². The molecule has 0 spiro atoms. The minimum Gasteiger partial charge on any atom is -0.483 e. The quantitative estimate of drug-likeness (QED) is 0.520. The molecule has 1 aliphatic rings. The van der Waals surface area contributed by atoms with Gasteiger partial charge in [0.05, 0.1) is 0 Å². The van der Waals surface area contributed by atoms with Crippen LogP contribution in [0, 0.1) is 0 Å². The summed E-state index contributed by atoms with van der Waals surface area (Å²) in [5.41, 5.74) is 2.16. The summed E-state index contributed by atoms with van der Waals surface area (Å²) in [5.74, 6) is 1.75. The maximum absolute atomic E-state index is 12.6. The van der Waals surface area contributed by atoms with Gasteiger partial charge in [-0.3, -0.25) is 9.59 Å². The predicted octanol–water partition coefficient (Wildman–Crippen LogP) is 4.93. The Labute approximate surface area is 203 Å². The van der Waals surface area contributed by atoms with E-state index < -0.39 is 0 Å². The van der Waals surface area contributed by atoms with Gasteiger partial charge in [-0.15, -0.1) is 0 Å². The standard InChI is InChI=1S/C28H38N2O4/c1-19(2)21-11-5-9-15-25(21)33-17-27(31)29-23-13-7-8-14-24(23)30-28(32)18-34-26-16-10-6-12-22(26)20(3)4/h5-6,9-12,15-16,19-20,23-24H,7-8,13-14,17-18H2,1-4H3,(H,29,31)(H,30,32). The molecule has 1 saturated carbocycles. The van der Waals surface area contributed by atoms with E-state index in [0.29, 0.717) is 11.8 Å². The van der Waals surface area contributed by atoms with Crippen molar-refractivity contribution in [1.29, 1.82) is 0 Å². The number of nitrogens with one attached hydrogen (secondary N) is 2. The number of para-hydroxylation sites is 2. The number of rotatable bonds is 10. The third-order valence-corrected chi connectivity index (χ3v) is 6.26. The summed E-state index contributed by atoms with van der Waals surface area (Å²) in [6.45, 7) is 8.31. The number of carbonyl (C=O) groups excluding carboxylic acids is 2. The third-order valence-electron chi connectivity index (χ3n) is 6.26. The Morgan fingerprint density at radius 2 is 1.12 bits per heavy atom. The van der Waals surface area contributed by atoms with Gasteiger partial charge in [0, 0.05) is 12.1 Å². The van der Waals surface area contributed by atoms with Crippen LogP contribution in [0.4, 0.5) is 0 Å². The lowest BCUT2D eigenvalue weighted by Crippen LogP contribution is -2.54.